The Balaban J connectivity index is 1.75. The van der Waals surface area contributed by atoms with E-state index in [1.807, 2.05) is 6.92 Å². The van der Waals surface area contributed by atoms with Crippen molar-refractivity contribution in [1.82, 2.24) is 0 Å². The lowest BCUT2D eigenvalue weighted by atomic mass is 10.1. The topological polar surface area (TPSA) is 84.9 Å². The molecule has 0 saturated carbocycles. The average molecular weight is 382 g/mol. The quantitative estimate of drug-likeness (QED) is 0.822. The van der Waals surface area contributed by atoms with Crippen molar-refractivity contribution >= 4 is 29.2 Å². The van der Waals surface area contributed by atoms with Crippen LogP contribution >= 0.6 is 0 Å². The first-order valence-corrected chi connectivity index (χ1v) is 8.93. The van der Waals surface area contributed by atoms with Crippen molar-refractivity contribution in [2.75, 3.05) is 23.9 Å². The van der Waals surface area contributed by atoms with Gasteiger partial charge >= 0.3 is 5.97 Å². The van der Waals surface area contributed by atoms with Crippen LogP contribution in [0.5, 0.6) is 5.75 Å². The van der Waals surface area contributed by atoms with Crippen LogP contribution in [0.25, 0.3) is 0 Å². The van der Waals surface area contributed by atoms with E-state index in [9.17, 15) is 14.4 Å². The molecule has 2 aromatic rings. The molecule has 1 atom stereocenters. The van der Waals surface area contributed by atoms with Gasteiger partial charge in [0.2, 0.25) is 5.91 Å². The molecule has 0 spiro atoms. The van der Waals surface area contributed by atoms with E-state index in [1.165, 1.54) is 12.0 Å². The van der Waals surface area contributed by atoms with E-state index in [2.05, 4.69) is 5.32 Å². The van der Waals surface area contributed by atoms with E-state index in [0.717, 1.165) is 5.56 Å². The molecule has 0 saturated heterocycles. The molecule has 1 aliphatic rings. The number of amides is 2. The molecule has 0 fully saturated rings. The van der Waals surface area contributed by atoms with E-state index >= 15 is 0 Å². The normalized spacial score (nSPS) is 15.9. The van der Waals surface area contributed by atoms with Crippen molar-refractivity contribution < 1.29 is 23.9 Å². The lowest BCUT2D eigenvalue weighted by Gasteiger charge is -2.27. The number of methoxy groups -OCH3 is 1. The molecule has 2 amide bonds. The molecule has 2 aromatic carbocycles. The average Bonchev–Trinajstić information content (AvgIpc) is 2.80. The summed E-state index contributed by atoms with van der Waals surface area (Å²) in [6.07, 6.45) is 0.156. The molecule has 0 radical (unpaired) electrons. The molecule has 0 bridgehead atoms. The number of carbonyl (C=O) groups excluding carboxylic acids is 3. The number of nitrogens with zero attached hydrogens (tertiary/aromatic N) is 1. The van der Waals surface area contributed by atoms with Gasteiger partial charge in [-0.1, -0.05) is 18.2 Å². The van der Waals surface area contributed by atoms with Gasteiger partial charge in [-0.2, -0.15) is 0 Å². The van der Waals surface area contributed by atoms with Crippen LogP contribution in [0.3, 0.4) is 0 Å². The third-order valence-electron chi connectivity index (χ3n) is 4.60. The second kappa shape index (κ2) is 8.12. The number of aryl methyl sites for hydroxylation is 1. The maximum Gasteiger partial charge on any atom is 0.338 e. The minimum absolute atomic E-state index is 0.156. The van der Waals surface area contributed by atoms with Gasteiger partial charge < -0.3 is 19.7 Å². The summed E-state index contributed by atoms with van der Waals surface area (Å²) in [6.45, 7) is 3.22. The number of fused-ring (bicyclic) bond motifs is 1. The van der Waals surface area contributed by atoms with E-state index in [1.54, 1.807) is 49.4 Å². The van der Waals surface area contributed by atoms with Crippen LogP contribution < -0.4 is 15.0 Å². The molecule has 1 N–H and O–H groups in total. The summed E-state index contributed by atoms with van der Waals surface area (Å²) in [4.78, 5) is 38.7. The molecule has 1 aliphatic heterocycles. The summed E-state index contributed by atoms with van der Waals surface area (Å²) >= 11 is 0. The minimum Gasteiger partial charge on any atom is -0.496 e. The molecule has 0 aliphatic carbocycles. The zero-order valence-electron chi connectivity index (χ0n) is 16.0. The van der Waals surface area contributed by atoms with Crippen molar-refractivity contribution in [3.05, 3.63) is 53.6 Å². The first-order valence-electron chi connectivity index (χ1n) is 8.93. The molecule has 0 unspecified atom stereocenters. The number of anilines is 2. The number of rotatable bonds is 4. The smallest absolute Gasteiger partial charge is 0.338 e. The highest BCUT2D eigenvalue weighted by molar-refractivity contribution is 6.05. The van der Waals surface area contributed by atoms with E-state index < -0.39 is 18.5 Å². The van der Waals surface area contributed by atoms with Crippen molar-refractivity contribution in [2.45, 2.75) is 26.3 Å². The summed E-state index contributed by atoms with van der Waals surface area (Å²) in [7, 11) is 1.52. The molecule has 1 heterocycles. The predicted octanol–water partition coefficient (Wildman–Crippen LogP) is 2.92. The second-order valence-corrected chi connectivity index (χ2v) is 6.64. The summed E-state index contributed by atoms with van der Waals surface area (Å²) < 4.78 is 10.4. The number of benzene rings is 2. The summed E-state index contributed by atoms with van der Waals surface area (Å²) in [6, 6.07) is 11.6. The Hall–Kier alpha value is -3.35. The van der Waals surface area contributed by atoms with Crippen molar-refractivity contribution in [1.29, 1.82) is 0 Å². The number of para-hydroxylation sites is 2. The molecule has 3 rings (SSSR count). The van der Waals surface area contributed by atoms with Gasteiger partial charge in [-0.05, 0) is 43.7 Å². The van der Waals surface area contributed by atoms with Gasteiger partial charge in [0, 0.05) is 12.5 Å². The highest BCUT2D eigenvalue weighted by Gasteiger charge is 2.30. The molecule has 28 heavy (non-hydrogen) atoms. The lowest BCUT2D eigenvalue weighted by Crippen LogP contribution is -2.41. The fourth-order valence-electron chi connectivity index (χ4n) is 3.19. The Morgan fingerprint density at radius 2 is 1.96 bits per heavy atom. The second-order valence-electron chi connectivity index (χ2n) is 6.64. The van der Waals surface area contributed by atoms with Crippen LogP contribution in [0.1, 0.15) is 29.3 Å². The largest absolute Gasteiger partial charge is 0.496 e. The van der Waals surface area contributed by atoms with Gasteiger partial charge in [-0.15, -0.1) is 0 Å². The molecule has 0 aromatic heterocycles. The van der Waals surface area contributed by atoms with Gasteiger partial charge in [0.25, 0.3) is 5.91 Å². The highest BCUT2D eigenvalue weighted by atomic mass is 16.5. The number of ether oxygens (including phenoxy) is 2. The molecule has 7 heteroatoms. The minimum atomic E-state index is -0.614. The fourth-order valence-corrected chi connectivity index (χ4v) is 3.19. The van der Waals surface area contributed by atoms with E-state index in [0.29, 0.717) is 22.7 Å². The Labute approximate surface area is 163 Å². The van der Waals surface area contributed by atoms with Crippen LogP contribution in [0.4, 0.5) is 11.4 Å². The molecular formula is C21H22N2O5. The number of carbonyl (C=O) groups is 3. The maximum absolute atomic E-state index is 12.8. The third-order valence-corrected chi connectivity index (χ3v) is 4.60. The van der Waals surface area contributed by atoms with Gasteiger partial charge in [-0.25, -0.2) is 4.79 Å². The Morgan fingerprint density at radius 1 is 1.21 bits per heavy atom. The van der Waals surface area contributed by atoms with Crippen molar-refractivity contribution in [3.8, 4) is 5.75 Å². The predicted molar refractivity (Wildman–Crippen MR) is 105 cm³/mol. The summed E-state index contributed by atoms with van der Waals surface area (Å²) in [5.41, 5.74) is 2.33. The van der Waals surface area contributed by atoms with Crippen LogP contribution in [-0.2, 0) is 14.3 Å². The van der Waals surface area contributed by atoms with Gasteiger partial charge in [0.1, 0.15) is 5.75 Å². The Morgan fingerprint density at radius 3 is 2.71 bits per heavy atom. The van der Waals surface area contributed by atoms with E-state index in [-0.39, 0.29) is 18.4 Å². The maximum atomic E-state index is 12.8. The van der Waals surface area contributed by atoms with Crippen LogP contribution in [0.2, 0.25) is 0 Å². The number of hydrogen-bond donors (Lipinski definition) is 1. The number of esters is 1. The lowest BCUT2D eigenvalue weighted by molar-refractivity contribution is -0.122. The number of hydrogen-bond acceptors (Lipinski definition) is 5. The van der Waals surface area contributed by atoms with Crippen molar-refractivity contribution in [2.24, 2.45) is 0 Å². The summed E-state index contributed by atoms with van der Waals surface area (Å²) in [5.74, 6) is -0.611. The SMILES string of the molecule is COc1cc(C(=O)OCC(=O)N2c3ccccc3NC(=O)C[C@H]2C)ccc1C. The zero-order chi connectivity index (χ0) is 20.3. The third kappa shape index (κ3) is 3.98. The Kier molecular flexibility index (Phi) is 5.63. The molecule has 7 nitrogen and oxygen atoms in total. The van der Waals surface area contributed by atoms with Crippen LogP contribution in [0.15, 0.2) is 42.5 Å². The van der Waals surface area contributed by atoms with E-state index in [4.69, 9.17) is 9.47 Å². The number of nitrogens with one attached hydrogen (secondary N) is 1. The fraction of sp³-hybridized carbons (Fsp3) is 0.286. The van der Waals surface area contributed by atoms with Gasteiger partial charge in [0.15, 0.2) is 6.61 Å². The van der Waals surface area contributed by atoms with Crippen LogP contribution in [-0.4, -0.2) is 37.5 Å². The molecule has 146 valence electrons. The molecular weight excluding hydrogens is 360 g/mol. The first kappa shape index (κ1) is 19.4. The van der Waals surface area contributed by atoms with Gasteiger partial charge in [0.05, 0.1) is 24.0 Å². The Bertz CT molecular complexity index is 925. The monoisotopic (exact) mass is 382 g/mol. The first-order chi connectivity index (χ1) is 13.4. The standard InChI is InChI=1S/C21H22N2O5/c1-13-8-9-15(11-18(13)27-3)21(26)28-12-20(25)23-14(2)10-19(24)22-16-6-4-5-7-17(16)23/h4-9,11,14H,10,12H2,1-3H3,(H,22,24)/t14-/m1/s1. The zero-order valence-corrected chi connectivity index (χ0v) is 16.0. The highest BCUT2D eigenvalue weighted by Crippen LogP contribution is 2.31. The van der Waals surface area contributed by atoms with Crippen molar-refractivity contribution in [3.63, 3.8) is 0 Å². The van der Waals surface area contributed by atoms with Gasteiger partial charge in [-0.3, -0.25) is 9.59 Å². The summed E-state index contributed by atoms with van der Waals surface area (Å²) in [5, 5.41) is 2.79. The van der Waals surface area contributed by atoms with Crippen LogP contribution in [0, 0.1) is 6.92 Å².